The molecule has 0 radical (unpaired) electrons. The fourth-order valence-corrected chi connectivity index (χ4v) is 2.14. The first kappa shape index (κ1) is 14.4. The van der Waals surface area contributed by atoms with E-state index in [9.17, 15) is 9.59 Å². The molecule has 0 saturated heterocycles. The van der Waals surface area contributed by atoms with Gasteiger partial charge in [0.25, 0.3) is 0 Å². The van der Waals surface area contributed by atoms with Gasteiger partial charge in [0.2, 0.25) is 0 Å². The van der Waals surface area contributed by atoms with E-state index in [0.717, 1.165) is 11.4 Å². The smallest absolute Gasteiger partial charge is 0.420 e. The van der Waals surface area contributed by atoms with Gasteiger partial charge in [0.05, 0.1) is 11.4 Å². The second-order valence-electron chi connectivity index (χ2n) is 5.76. The summed E-state index contributed by atoms with van der Waals surface area (Å²) in [5, 5.41) is 9.02. The van der Waals surface area contributed by atoms with E-state index in [4.69, 9.17) is 9.84 Å². The molecule has 20 heavy (non-hydrogen) atoms. The second-order valence-corrected chi connectivity index (χ2v) is 5.76. The molecule has 0 aromatic carbocycles. The van der Waals surface area contributed by atoms with Crippen LogP contribution in [-0.2, 0) is 17.6 Å². The lowest BCUT2D eigenvalue weighted by Crippen LogP contribution is -2.32. The summed E-state index contributed by atoms with van der Waals surface area (Å²) in [5.41, 5.74) is 0.925. The molecule has 0 saturated carbocycles. The van der Waals surface area contributed by atoms with Crippen molar-refractivity contribution >= 4 is 12.2 Å². The van der Waals surface area contributed by atoms with Gasteiger partial charge in [-0.25, -0.2) is 19.1 Å². The average Bonchev–Trinajstić information content (AvgIpc) is 2.58. The molecule has 2 rings (SSSR count). The third-order valence-electron chi connectivity index (χ3n) is 3.05. The van der Waals surface area contributed by atoms with Crippen LogP contribution < -0.4 is 0 Å². The van der Waals surface area contributed by atoms with Gasteiger partial charge in [-0.15, -0.1) is 0 Å². The molecule has 0 aliphatic carbocycles. The number of carbonyl (C=O) groups is 2. The van der Waals surface area contributed by atoms with Crippen molar-refractivity contribution in [2.24, 2.45) is 0 Å². The lowest BCUT2D eigenvalue weighted by molar-refractivity contribution is 0.0532. The first-order valence-electron chi connectivity index (χ1n) is 6.54. The first-order chi connectivity index (χ1) is 9.28. The molecule has 1 aliphatic heterocycles. The molecular formula is C13H19N3O4. The Bertz CT molecular complexity index is 530. The van der Waals surface area contributed by atoms with Crippen molar-refractivity contribution in [2.75, 3.05) is 13.1 Å². The van der Waals surface area contributed by atoms with Crippen molar-refractivity contribution in [3.8, 4) is 0 Å². The number of imidazole rings is 1. The summed E-state index contributed by atoms with van der Waals surface area (Å²) in [6, 6.07) is 0. The maximum Gasteiger partial charge on any atom is 0.420 e. The van der Waals surface area contributed by atoms with Crippen LogP contribution in [0, 0.1) is 0 Å². The Morgan fingerprint density at radius 3 is 2.55 bits per heavy atom. The van der Waals surface area contributed by atoms with Gasteiger partial charge < -0.3 is 14.7 Å². The highest BCUT2D eigenvalue weighted by Gasteiger charge is 2.25. The van der Waals surface area contributed by atoms with E-state index in [1.807, 2.05) is 0 Å². The highest BCUT2D eigenvalue weighted by Crippen LogP contribution is 2.17. The van der Waals surface area contributed by atoms with Gasteiger partial charge in [-0.3, -0.25) is 0 Å². The van der Waals surface area contributed by atoms with Crippen molar-refractivity contribution in [3.05, 3.63) is 17.7 Å². The molecule has 1 aromatic heterocycles. The predicted molar refractivity (Wildman–Crippen MR) is 70.9 cm³/mol. The fourth-order valence-electron chi connectivity index (χ4n) is 2.14. The standard InChI is InChI=1S/C13H19N3O4/c1-13(2,3)20-12(19)16-8-14-9-4-6-15(11(17)18)7-5-10(9)16/h8H,4-7H2,1-3H3,(H,17,18). The zero-order chi connectivity index (χ0) is 14.9. The van der Waals surface area contributed by atoms with Gasteiger partial charge in [0, 0.05) is 25.9 Å². The average molecular weight is 281 g/mol. The van der Waals surface area contributed by atoms with Gasteiger partial charge in [-0.05, 0) is 20.8 Å². The van der Waals surface area contributed by atoms with Crippen molar-refractivity contribution in [2.45, 2.75) is 39.2 Å². The highest BCUT2D eigenvalue weighted by molar-refractivity contribution is 5.72. The van der Waals surface area contributed by atoms with Crippen LogP contribution in [0.2, 0.25) is 0 Å². The van der Waals surface area contributed by atoms with Crippen LogP contribution in [0.4, 0.5) is 9.59 Å². The molecule has 0 unspecified atom stereocenters. The van der Waals surface area contributed by atoms with E-state index in [0.29, 0.717) is 25.9 Å². The van der Waals surface area contributed by atoms with Gasteiger partial charge in [-0.1, -0.05) is 0 Å². The van der Waals surface area contributed by atoms with Gasteiger partial charge in [0.15, 0.2) is 0 Å². The van der Waals surface area contributed by atoms with Crippen molar-refractivity contribution in [1.29, 1.82) is 0 Å². The Hall–Kier alpha value is -2.05. The Morgan fingerprint density at radius 1 is 1.30 bits per heavy atom. The minimum absolute atomic E-state index is 0.358. The van der Waals surface area contributed by atoms with Crippen LogP contribution in [0.15, 0.2) is 6.33 Å². The quantitative estimate of drug-likeness (QED) is 0.783. The summed E-state index contributed by atoms with van der Waals surface area (Å²) in [7, 11) is 0. The third-order valence-corrected chi connectivity index (χ3v) is 3.05. The monoisotopic (exact) mass is 281 g/mol. The Balaban J connectivity index is 2.19. The second kappa shape index (κ2) is 5.15. The summed E-state index contributed by atoms with van der Waals surface area (Å²) in [5.74, 6) is 0. The van der Waals surface area contributed by atoms with Crippen molar-refractivity contribution in [3.63, 3.8) is 0 Å². The molecule has 1 aliphatic rings. The van der Waals surface area contributed by atoms with Crippen LogP contribution >= 0.6 is 0 Å². The summed E-state index contributed by atoms with van der Waals surface area (Å²) >= 11 is 0. The Morgan fingerprint density at radius 2 is 1.95 bits per heavy atom. The molecule has 1 amide bonds. The maximum atomic E-state index is 12.1. The molecule has 0 spiro atoms. The molecule has 7 heteroatoms. The van der Waals surface area contributed by atoms with Crippen LogP contribution in [-0.4, -0.2) is 50.4 Å². The van der Waals surface area contributed by atoms with Crippen LogP contribution in [0.25, 0.3) is 0 Å². The summed E-state index contributed by atoms with van der Waals surface area (Å²) in [6.45, 7) is 6.15. The minimum Gasteiger partial charge on any atom is -0.465 e. The zero-order valence-electron chi connectivity index (χ0n) is 11.9. The number of fused-ring (bicyclic) bond motifs is 1. The van der Waals surface area contributed by atoms with Crippen LogP contribution in [0.1, 0.15) is 32.2 Å². The summed E-state index contributed by atoms with van der Waals surface area (Å²) in [4.78, 5) is 28.6. The van der Waals surface area contributed by atoms with Crippen molar-refractivity contribution < 1.29 is 19.4 Å². The number of rotatable bonds is 0. The SMILES string of the molecule is CC(C)(C)OC(=O)n1cnc2c1CCN(C(=O)O)CC2. The van der Waals surface area contributed by atoms with E-state index in [1.165, 1.54) is 15.8 Å². The molecule has 110 valence electrons. The molecule has 1 aromatic rings. The number of carbonyl (C=O) groups excluding carboxylic acids is 1. The molecule has 1 N–H and O–H groups in total. The van der Waals surface area contributed by atoms with Crippen molar-refractivity contribution in [1.82, 2.24) is 14.5 Å². The number of carboxylic acid groups (broad SMARTS) is 1. The van der Waals surface area contributed by atoms with E-state index >= 15 is 0 Å². The lowest BCUT2D eigenvalue weighted by Gasteiger charge is -2.20. The van der Waals surface area contributed by atoms with E-state index in [1.54, 1.807) is 20.8 Å². The van der Waals surface area contributed by atoms with E-state index in [2.05, 4.69) is 4.98 Å². The normalized spacial score (nSPS) is 15.4. The predicted octanol–water partition coefficient (Wildman–Crippen LogP) is 1.74. The van der Waals surface area contributed by atoms with E-state index < -0.39 is 17.8 Å². The number of aromatic nitrogens is 2. The minimum atomic E-state index is -0.945. The lowest BCUT2D eigenvalue weighted by atomic mass is 10.2. The van der Waals surface area contributed by atoms with Crippen LogP contribution in [0.3, 0.4) is 0 Å². The summed E-state index contributed by atoms with van der Waals surface area (Å²) < 4.78 is 6.70. The molecule has 7 nitrogen and oxygen atoms in total. The molecule has 0 bridgehead atoms. The number of nitrogens with zero attached hydrogens (tertiary/aromatic N) is 3. The third kappa shape index (κ3) is 3.09. The number of hydrogen-bond acceptors (Lipinski definition) is 4. The molecule has 2 heterocycles. The number of hydrogen-bond donors (Lipinski definition) is 1. The summed E-state index contributed by atoms with van der Waals surface area (Å²) in [6.07, 6.45) is 1.00. The first-order valence-corrected chi connectivity index (χ1v) is 6.54. The zero-order valence-corrected chi connectivity index (χ0v) is 11.9. The maximum absolute atomic E-state index is 12.1. The topological polar surface area (TPSA) is 84.7 Å². The molecule has 0 fully saturated rings. The van der Waals surface area contributed by atoms with Gasteiger partial charge in [0.1, 0.15) is 11.9 Å². The molecular weight excluding hydrogens is 262 g/mol. The Labute approximate surface area is 117 Å². The largest absolute Gasteiger partial charge is 0.465 e. The Kier molecular flexibility index (Phi) is 3.69. The van der Waals surface area contributed by atoms with Gasteiger partial charge >= 0.3 is 12.2 Å². The van der Waals surface area contributed by atoms with Gasteiger partial charge in [-0.2, -0.15) is 0 Å². The number of amides is 1. The van der Waals surface area contributed by atoms with E-state index in [-0.39, 0.29) is 0 Å². The number of ether oxygens (including phenoxy) is 1. The van der Waals surface area contributed by atoms with Crippen LogP contribution in [0.5, 0.6) is 0 Å². The molecule has 0 atom stereocenters. The highest BCUT2D eigenvalue weighted by atomic mass is 16.6. The fraction of sp³-hybridized carbons (Fsp3) is 0.615.